The Hall–Kier alpha value is -3.52. The maximum Gasteiger partial charge on any atom is 0.334 e. The summed E-state index contributed by atoms with van der Waals surface area (Å²) < 4.78 is 42.3. The van der Waals surface area contributed by atoms with Crippen LogP contribution in [0.1, 0.15) is 34.6 Å². The summed E-state index contributed by atoms with van der Waals surface area (Å²) in [6, 6.07) is 0. The third-order valence-corrected chi connectivity index (χ3v) is 4.46. The van der Waals surface area contributed by atoms with Crippen molar-refractivity contribution in [3.63, 3.8) is 0 Å². The van der Waals surface area contributed by atoms with Crippen LogP contribution in [-0.4, -0.2) is 85.5 Å². The molecule has 0 aliphatic carbocycles. The van der Waals surface area contributed by atoms with Gasteiger partial charge in [0, 0.05) is 46.8 Å². The molecule has 2 aliphatic heterocycles. The van der Waals surface area contributed by atoms with Gasteiger partial charge in [0.1, 0.15) is 19.3 Å². The maximum absolute atomic E-state index is 11.8. The molecule has 35 heavy (non-hydrogen) atoms. The zero-order valence-corrected chi connectivity index (χ0v) is 19.7. The number of esters is 6. The van der Waals surface area contributed by atoms with Crippen molar-refractivity contribution in [3.8, 4) is 0 Å². The molecule has 0 N–H and O–H groups in total. The lowest BCUT2D eigenvalue weighted by Crippen LogP contribution is -2.63. The highest BCUT2D eigenvalue weighted by molar-refractivity contribution is 5.85. The van der Waals surface area contributed by atoms with Crippen molar-refractivity contribution in [3.05, 3.63) is 12.2 Å². The van der Waals surface area contributed by atoms with Crippen LogP contribution >= 0.6 is 0 Å². The third kappa shape index (κ3) is 8.03. The molecule has 0 radical (unpaired) electrons. The highest BCUT2D eigenvalue weighted by Crippen LogP contribution is 2.32. The first kappa shape index (κ1) is 27.7. The Labute approximate surface area is 199 Å². The zero-order valence-electron chi connectivity index (χ0n) is 19.7. The number of hydrogen-bond acceptors (Lipinski definition) is 14. The molecule has 0 aromatic heterocycles. The summed E-state index contributed by atoms with van der Waals surface area (Å²) in [4.78, 5) is 69.9. The Kier molecular flexibility index (Phi) is 9.31. The zero-order chi connectivity index (χ0) is 26.3. The van der Waals surface area contributed by atoms with Crippen molar-refractivity contribution in [2.45, 2.75) is 71.1 Å². The molecule has 2 aliphatic rings. The number of cyclic esters (lactones) is 1. The van der Waals surface area contributed by atoms with Gasteiger partial charge in [0.25, 0.3) is 0 Å². The molecule has 2 rings (SSSR count). The molecule has 14 nitrogen and oxygen atoms in total. The Balaban J connectivity index is 2.40. The predicted octanol–water partition coefficient (Wildman–Crippen LogP) is -0.541. The molecule has 0 unspecified atom stereocenters. The van der Waals surface area contributed by atoms with E-state index in [1.54, 1.807) is 0 Å². The van der Waals surface area contributed by atoms with Crippen molar-refractivity contribution < 1.29 is 66.7 Å². The van der Waals surface area contributed by atoms with E-state index in [1.165, 1.54) is 0 Å². The van der Waals surface area contributed by atoms with Crippen molar-refractivity contribution >= 4 is 35.8 Å². The molecule has 0 bridgehead atoms. The van der Waals surface area contributed by atoms with Crippen LogP contribution in [0.5, 0.6) is 0 Å². The number of rotatable bonds is 9. The minimum Gasteiger partial charge on any atom is -0.463 e. The van der Waals surface area contributed by atoms with Gasteiger partial charge in [-0.1, -0.05) is 0 Å². The van der Waals surface area contributed by atoms with E-state index in [4.69, 9.17) is 37.9 Å². The quantitative estimate of drug-likeness (QED) is 0.290. The van der Waals surface area contributed by atoms with Crippen LogP contribution < -0.4 is 0 Å². The van der Waals surface area contributed by atoms with E-state index in [9.17, 15) is 28.8 Å². The molecule has 0 saturated carbocycles. The lowest BCUT2D eigenvalue weighted by molar-refractivity contribution is -0.321. The summed E-state index contributed by atoms with van der Waals surface area (Å²) in [7, 11) is 0. The standard InChI is InChI=1S/C21H26O14/c1-10(22)28-8-15-17(30-11(2)23)18(31-12(3)24)19(32-13(4)25)20(33-15)29-9-21(34-14(5)26)7-6-16(27)35-21/h6-7,15,17-20H,8-9H2,1-5H3/t15-,17-,18+,19-,20-,21-/m1/s1. The second kappa shape index (κ2) is 11.8. The Morgan fingerprint density at radius 3 is 1.89 bits per heavy atom. The van der Waals surface area contributed by atoms with Gasteiger partial charge in [0.2, 0.25) is 0 Å². The van der Waals surface area contributed by atoms with Crippen molar-refractivity contribution in [1.82, 2.24) is 0 Å². The van der Waals surface area contributed by atoms with E-state index in [2.05, 4.69) is 0 Å². The van der Waals surface area contributed by atoms with Crippen LogP contribution in [0.15, 0.2) is 12.2 Å². The lowest BCUT2D eigenvalue weighted by Gasteiger charge is -2.44. The van der Waals surface area contributed by atoms with Crippen LogP contribution in [-0.2, 0) is 66.7 Å². The fourth-order valence-electron chi connectivity index (χ4n) is 3.36. The lowest BCUT2D eigenvalue weighted by atomic mass is 9.98. The number of carbonyl (C=O) groups excluding carboxylic acids is 6. The van der Waals surface area contributed by atoms with E-state index in [1.807, 2.05) is 0 Å². The van der Waals surface area contributed by atoms with Crippen molar-refractivity contribution in [2.24, 2.45) is 0 Å². The van der Waals surface area contributed by atoms with E-state index in [-0.39, 0.29) is 0 Å². The van der Waals surface area contributed by atoms with Gasteiger partial charge in [-0.3, -0.25) is 24.0 Å². The number of ether oxygens (including phenoxy) is 8. The topological polar surface area (TPSA) is 176 Å². The fourth-order valence-corrected chi connectivity index (χ4v) is 3.36. The SMILES string of the molecule is CC(=O)OC[C@H]1O[C@@H](OC[C@@]2(OC(C)=O)C=CC(=O)O2)[C@H](OC(C)=O)[C@@H](OC(C)=O)[C@@H]1OC(C)=O. The second-order valence-corrected chi connectivity index (χ2v) is 7.54. The summed E-state index contributed by atoms with van der Waals surface area (Å²) in [6.07, 6.45) is -4.95. The summed E-state index contributed by atoms with van der Waals surface area (Å²) in [5.41, 5.74) is 0. The molecule has 6 atom stereocenters. The Bertz CT molecular complexity index is 894. The Morgan fingerprint density at radius 2 is 1.40 bits per heavy atom. The van der Waals surface area contributed by atoms with Gasteiger partial charge in [-0.2, -0.15) is 0 Å². The normalized spacial score (nSPS) is 29.5. The van der Waals surface area contributed by atoms with Gasteiger partial charge in [-0.05, 0) is 0 Å². The maximum atomic E-state index is 11.8. The van der Waals surface area contributed by atoms with Gasteiger partial charge in [-0.15, -0.1) is 0 Å². The predicted molar refractivity (Wildman–Crippen MR) is 108 cm³/mol. The average molecular weight is 502 g/mol. The van der Waals surface area contributed by atoms with Crippen LogP contribution in [0.3, 0.4) is 0 Å². The second-order valence-electron chi connectivity index (χ2n) is 7.54. The van der Waals surface area contributed by atoms with Crippen molar-refractivity contribution in [1.29, 1.82) is 0 Å². The average Bonchev–Trinajstić information content (AvgIpc) is 3.07. The van der Waals surface area contributed by atoms with Gasteiger partial charge < -0.3 is 37.9 Å². The fraction of sp³-hybridized carbons (Fsp3) is 0.619. The van der Waals surface area contributed by atoms with Gasteiger partial charge in [0.05, 0.1) is 0 Å². The van der Waals surface area contributed by atoms with E-state index < -0.39 is 85.5 Å². The summed E-state index contributed by atoms with van der Waals surface area (Å²) in [5, 5.41) is 0. The minimum atomic E-state index is -1.94. The monoisotopic (exact) mass is 502 g/mol. The molecule has 1 fully saturated rings. The summed E-state index contributed by atoms with van der Waals surface area (Å²) >= 11 is 0. The van der Waals surface area contributed by atoms with Gasteiger partial charge >= 0.3 is 41.6 Å². The molecule has 2 heterocycles. The van der Waals surface area contributed by atoms with Crippen LogP contribution in [0, 0.1) is 0 Å². The van der Waals surface area contributed by atoms with E-state index in [0.29, 0.717) is 0 Å². The molecule has 0 amide bonds. The van der Waals surface area contributed by atoms with Gasteiger partial charge in [0.15, 0.2) is 24.6 Å². The highest BCUT2D eigenvalue weighted by atomic mass is 16.8. The first-order valence-electron chi connectivity index (χ1n) is 10.4. The smallest absolute Gasteiger partial charge is 0.334 e. The molecule has 0 aromatic rings. The van der Waals surface area contributed by atoms with Crippen LogP contribution in [0.25, 0.3) is 0 Å². The first-order chi connectivity index (χ1) is 16.3. The van der Waals surface area contributed by atoms with Crippen molar-refractivity contribution in [2.75, 3.05) is 13.2 Å². The molecular formula is C21H26O14. The molecule has 14 heteroatoms. The summed E-state index contributed by atoms with van der Waals surface area (Å²) in [5.74, 6) is -6.67. The highest BCUT2D eigenvalue weighted by Gasteiger charge is 2.54. The number of hydrogen-bond donors (Lipinski definition) is 0. The third-order valence-electron chi connectivity index (χ3n) is 4.46. The molecule has 0 aromatic carbocycles. The van der Waals surface area contributed by atoms with Gasteiger partial charge in [-0.25, -0.2) is 4.79 Å². The molecule has 1 saturated heterocycles. The Morgan fingerprint density at radius 1 is 0.829 bits per heavy atom. The summed E-state index contributed by atoms with van der Waals surface area (Å²) in [6.45, 7) is 4.35. The first-order valence-corrected chi connectivity index (χ1v) is 10.4. The molecule has 194 valence electrons. The van der Waals surface area contributed by atoms with E-state index in [0.717, 1.165) is 46.8 Å². The largest absolute Gasteiger partial charge is 0.463 e. The molecule has 0 spiro atoms. The van der Waals surface area contributed by atoms with E-state index >= 15 is 0 Å². The van der Waals surface area contributed by atoms with Crippen LogP contribution in [0.2, 0.25) is 0 Å². The molecular weight excluding hydrogens is 476 g/mol. The van der Waals surface area contributed by atoms with Crippen LogP contribution in [0.4, 0.5) is 0 Å². The number of carbonyl (C=O) groups is 6. The minimum absolute atomic E-state index is 0.457.